The van der Waals surface area contributed by atoms with Crippen molar-refractivity contribution in [1.82, 2.24) is 14.7 Å². The van der Waals surface area contributed by atoms with Crippen LogP contribution in [0.2, 0.25) is 0 Å². The summed E-state index contributed by atoms with van der Waals surface area (Å²) in [6.07, 6.45) is 3.64. The van der Waals surface area contributed by atoms with Crippen LogP contribution < -0.4 is 9.47 Å². The molecule has 118 valence electrons. The van der Waals surface area contributed by atoms with Crippen molar-refractivity contribution in [1.29, 1.82) is 0 Å². The van der Waals surface area contributed by atoms with Crippen molar-refractivity contribution < 1.29 is 14.3 Å². The number of carbonyl (C=O) groups is 1. The number of hydrogen-bond donors (Lipinski definition) is 0. The topological polar surface area (TPSA) is 56.6 Å². The van der Waals surface area contributed by atoms with E-state index in [1.54, 1.807) is 49.2 Å². The predicted octanol–water partition coefficient (Wildman–Crippen LogP) is 2.02. The molecule has 0 fully saturated rings. The Morgan fingerprint density at radius 3 is 2.32 bits per heavy atom. The van der Waals surface area contributed by atoms with Crippen molar-refractivity contribution in [2.75, 3.05) is 21.3 Å². The molecule has 0 saturated carbocycles. The molecule has 1 aromatic carbocycles. The maximum absolute atomic E-state index is 12.6. The highest BCUT2D eigenvalue weighted by atomic mass is 16.5. The summed E-state index contributed by atoms with van der Waals surface area (Å²) in [5, 5.41) is 4.11. The smallest absolute Gasteiger partial charge is 0.254 e. The Kier molecular flexibility index (Phi) is 4.70. The average Bonchev–Trinajstić information content (AvgIpc) is 2.91. The number of benzene rings is 1. The summed E-state index contributed by atoms with van der Waals surface area (Å²) in [4.78, 5) is 14.2. The van der Waals surface area contributed by atoms with Crippen LogP contribution in [0.5, 0.6) is 11.5 Å². The highest BCUT2D eigenvalue weighted by Gasteiger charge is 2.17. The minimum absolute atomic E-state index is 0.0968. The molecule has 6 heteroatoms. The second kappa shape index (κ2) is 6.51. The maximum atomic E-state index is 12.6. The van der Waals surface area contributed by atoms with Crippen molar-refractivity contribution in [2.45, 2.75) is 13.5 Å². The molecule has 0 aliphatic heterocycles. The Balaban J connectivity index is 2.24. The van der Waals surface area contributed by atoms with E-state index in [0.717, 1.165) is 11.1 Å². The van der Waals surface area contributed by atoms with Gasteiger partial charge in [-0.1, -0.05) is 0 Å². The lowest BCUT2D eigenvalue weighted by Crippen LogP contribution is -2.26. The molecule has 0 radical (unpaired) electrons. The first-order valence-electron chi connectivity index (χ1n) is 6.92. The van der Waals surface area contributed by atoms with E-state index in [1.807, 2.05) is 20.2 Å². The minimum atomic E-state index is -0.0968. The van der Waals surface area contributed by atoms with Crippen LogP contribution in [-0.2, 0) is 13.6 Å². The number of aromatic nitrogens is 2. The third-order valence-electron chi connectivity index (χ3n) is 3.52. The normalized spacial score (nSPS) is 10.4. The Labute approximate surface area is 130 Å². The van der Waals surface area contributed by atoms with E-state index in [4.69, 9.17) is 9.47 Å². The summed E-state index contributed by atoms with van der Waals surface area (Å²) in [5.41, 5.74) is 2.38. The van der Waals surface area contributed by atoms with Crippen LogP contribution in [0.3, 0.4) is 0 Å². The first kappa shape index (κ1) is 15.9. The first-order valence-corrected chi connectivity index (χ1v) is 6.92. The molecule has 1 heterocycles. The van der Waals surface area contributed by atoms with Crippen LogP contribution in [-0.4, -0.2) is 41.9 Å². The summed E-state index contributed by atoms with van der Waals surface area (Å²) in [7, 11) is 6.76. The van der Waals surface area contributed by atoms with Crippen LogP contribution in [0.25, 0.3) is 0 Å². The van der Waals surface area contributed by atoms with E-state index < -0.39 is 0 Å². The highest BCUT2D eigenvalue weighted by Crippen LogP contribution is 2.30. The summed E-state index contributed by atoms with van der Waals surface area (Å²) >= 11 is 0. The second-order valence-corrected chi connectivity index (χ2v) is 5.19. The van der Waals surface area contributed by atoms with Gasteiger partial charge in [0.25, 0.3) is 5.91 Å². The summed E-state index contributed by atoms with van der Waals surface area (Å²) in [6, 6.07) is 3.47. The number of nitrogens with zero attached hydrogens (tertiary/aromatic N) is 3. The number of aryl methyl sites for hydroxylation is 1. The van der Waals surface area contributed by atoms with Crippen LogP contribution >= 0.6 is 0 Å². The monoisotopic (exact) mass is 303 g/mol. The van der Waals surface area contributed by atoms with Gasteiger partial charge in [-0.05, 0) is 19.1 Å². The largest absolute Gasteiger partial charge is 0.496 e. The van der Waals surface area contributed by atoms with Crippen LogP contribution in [0.15, 0.2) is 24.5 Å². The van der Waals surface area contributed by atoms with Gasteiger partial charge in [0.2, 0.25) is 0 Å². The molecule has 0 unspecified atom stereocenters. The van der Waals surface area contributed by atoms with Crippen molar-refractivity contribution in [3.8, 4) is 11.5 Å². The molecular formula is C16H21N3O3. The second-order valence-electron chi connectivity index (χ2n) is 5.19. The van der Waals surface area contributed by atoms with E-state index in [-0.39, 0.29) is 5.91 Å². The average molecular weight is 303 g/mol. The third kappa shape index (κ3) is 3.21. The summed E-state index contributed by atoms with van der Waals surface area (Å²) < 4.78 is 12.3. The SMILES string of the molecule is COc1cc(C(=O)N(C)Cc2cnn(C)c2)cc(OC)c1C. The molecule has 1 amide bonds. The highest BCUT2D eigenvalue weighted by molar-refractivity contribution is 5.95. The molecule has 0 spiro atoms. The Bertz CT molecular complexity index is 654. The predicted molar refractivity (Wildman–Crippen MR) is 83.3 cm³/mol. The number of amides is 1. The quantitative estimate of drug-likeness (QED) is 0.848. The molecular weight excluding hydrogens is 282 g/mol. The lowest BCUT2D eigenvalue weighted by Gasteiger charge is -2.18. The van der Waals surface area contributed by atoms with Crippen molar-refractivity contribution in [2.24, 2.45) is 7.05 Å². The fraction of sp³-hybridized carbons (Fsp3) is 0.375. The zero-order chi connectivity index (χ0) is 16.3. The van der Waals surface area contributed by atoms with Gasteiger partial charge in [0.05, 0.1) is 20.4 Å². The first-order chi connectivity index (χ1) is 10.5. The van der Waals surface area contributed by atoms with E-state index >= 15 is 0 Å². The van der Waals surface area contributed by atoms with Gasteiger partial charge < -0.3 is 14.4 Å². The van der Waals surface area contributed by atoms with Gasteiger partial charge in [0.1, 0.15) is 11.5 Å². The van der Waals surface area contributed by atoms with Gasteiger partial charge in [0.15, 0.2) is 0 Å². The van der Waals surface area contributed by atoms with Crippen molar-refractivity contribution in [3.05, 3.63) is 41.2 Å². The van der Waals surface area contributed by atoms with E-state index in [0.29, 0.717) is 23.6 Å². The zero-order valence-corrected chi connectivity index (χ0v) is 13.6. The molecule has 0 aliphatic rings. The Hall–Kier alpha value is -2.50. The number of hydrogen-bond acceptors (Lipinski definition) is 4. The summed E-state index contributed by atoms with van der Waals surface area (Å²) in [5.74, 6) is 1.18. The van der Waals surface area contributed by atoms with Gasteiger partial charge in [-0.15, -0.1) is 0 Å². The fourth-order valence-electron chi connectivity index (χ4n) is 2.33. The molecule has 0 atom stereocenters. The van der Waals surface area contributed by atoms with Gasteiger partial charge in [-0.3, -0.25) is 9.48 Å². The van der Waals surface area contributed by atoms with Gasteiger partial charge in [-0.2, -0.15) is 5.10 Å². The molecule has 0 bridgehead atoms. The fourth-order valence-corrected chi connectivity index (χ4v) is 2.33. The third-order valence-corrected chi connectivity index (χ3v) is 3.52. The molecule has 22 heavy (non-hydrogen) atoms. The molecule has 0 N–H and O–H groups in total. The molecule has 6 nitrogen and oxygen atoms in total. The van der Waals surface area contributed by atoms with E-state index in [2.05, 4.69) is 5.10 Å². The van der Waals surface area contributed by atoms with E-state index in [1.165, 1.54) is 0 Å². The van der Waals surface area contributed by atoms with Gasteiger partial charge in [-0.25, -0.2) is 0 Å². The maximum Gasteiger partial charge on any atom is 0.254 e. The van der Waals surface area contributed by atoms with Crippen LogP contribution in [0, 0.1) is 6.92 Å². The zero-order valence-electron chi connectivity index (χ0n) is 13.6. The lowest BCUT2D eigenvalue weighted by atomic mass is 10.1. The molecule has 0 aliphatic carbocycles. The number of rotatable bonds is 5. The number of methoxy groups -OCH3 is 2. The number of ether oxygens (including phenoxy) is 2. The van der Waals surface area contributed by atoms with Gasteiger partial charge in [0, 0.05) is 43.5 Å². The van der Waals surface area contributed by atoms with Crippen LogP contribution in [0.1, 0.15) is 21.5 Å². The lowest BCUT2D eigenvalue weighted by molar-refractivity contribution is 0.0784. The van der Waals surface area contributed by atoms with Gasteiger partial charge >= 0.3 is 0 Å². The van der Waals surface area contributed by atoms with Crippen molar-refractivity contribution in [3.63, 3.8) is 0 Å². The summed E-state index contributed by atoms with van der Waals surface area (Å²) in [6.45, 7) is 2.39. The molecule has 0 saturated heterocycles. The van der Waals surface area contributed by atoms with Crippen LogP contribution in [0.4, 0.5) is 0 Å². The number of carbonyl (C=O) groups excluding carboxylic acids is 1. The molecule has 2 rings (SSSR count). The Morgan fingerprint density at radius 2 is 1.86 bits per heavy atom. The van der Waals surface area contributed by atoms with E-state index in [9.17, 15) is 4.79 Å². The standard InChI is InChI=1S/C16H21N3O3/c1-11-14(21-4)6-13(7-15(11)22-5)16(20)18(2)9-12-8-17-19(3)10-12/h6-8,10H,9H2,1-5H3. The molecule has 2 aromatic rings. The minimum Gasteiger partial charge on any atom is -0.496 e. The van der Waals surface area contributed by atoms with Crippen molar-refractivity contribution >= 4 is 5.91 Å². The Morgan fingerprint density at radius 1 is 1.27 bits per heavy atom. The molecule has 1 aromatic heterocycles.